The molecule has 0 spiro atoms. The van der Waals surface area contributed by atoms with E-state index in [0.29, 0.717) is 11.4 Å². The van der Waals surface area contributed by atoms with E-state index in [9.17, 15) is 22.4 Å². The molecule has 1 aliphatic rings. The van der Waals surface area contributed by atoms with Crippen molar-refractivity contribution in [3.05, 3.63) is 0 Å². The second kappa shape index (κ2) is 4.99. The quantitative estimate of drug-likeness (QED) is 0.747. The lowest BCUT2D eigenvalue weighted by Gasteiger charge is -2.25. The van der Waals surface area contributed by atoms with Crippen LogP contribution in [-0.2, 0) is 4.79 Å². The van der Waals surface area contributed by atoms with E-state index in [2.05, 4.69) is 5.32 Å². The molecule has 0 unspecified atom stereocenters. The van der Waals surface area contributed by atoms with Crippen molar-refractivity contribution in [1.82, 2.24) is 10.2 Å². The Hall–Kier alpha value is -0.850. The first-order chi connectivity index (χ1) is 7.36. The molecule has 0 bridgehead atoms. The number of nitrogens with one attached hydrogen (secondary N) is 1. The molecule has 94 valence electrons. The van der Waals surface area contributed by atoms with Gasteiger partial charge in [-0.15, -0.1) is 0 Å². The van der Waals surface area contributed by atoms with E-state index in [4.69, 9.17) is 0 Å². The summed E-state index contributed by atoms with van der Waals surface area (Å²) < 4.78 is 49.6. The molecule has 1 fully saturated rings. The summed E-state index contributed by atoms with van der Waals surface area (Å²) in [5, 5.41) is 2.74. The van der Waals surface area contributed by atoms with Crippen LogP contribution >= 0.6 is 0 Å². The van der Waals surface area contributed by atoms with E-state index >= 15 is 0 Å². The van der Waals surface area contributed by atoms with Gasteiger partial charge in [-0.25, -0.2) is 4.39 Å². The lowest BCUT2D eigenvalue weighted by Crippen LogP contribution is -2.44. The molecular formula is C9H14F4N2O. The molecule has 0 aliphatic carbocycles. The molecule has 0 saturated carbocycles. The minimum atomic E-state index is -4.88. The van der Waals surface area contributed by atoms with Crippen molar-refractivity contribution in [2.45, 2.75) is 19.3 Å². The van der Waals surface area contributed by atoms with Gasteiger partial charge in [0.2, 0.25) is 0 Å². The molecule has 3 nitrogen and oxygen atoms in total. The van der Waals surface area contributed by atoms with E-state index in [0.717, 1.165) is 0 Å². The normalized spacial score (nSPS) is 25.8. The van der Waals surface area contributed by atoms with Crippen molar-refractivity contribution in [2.75, 3.05) is 26.2 Å². The number of carbonyl (C=O) groups excluding carboxylic acids is 1. The van der Waals surface area contributed by atoms with Crippen LogP contribution < -0.4 is 5.32 Å². The molecule has 7 heteroatoms. The fourth-order valence-corrected chi connectivity index (χ4v) is 1.70. The highest BCUT2D eigenvalue weighted by Gasteiger charge is 2.43. The predicted molar refractivity (Wildman–Crippen MR) is 49.6 cm³/mol. The first-order valence-electron chi connectivity index (χ1n) is 5.07. The molecular weight excluding hydrogens is 228 g/mol. The summed E-state index contributed by atoms with van der Waals surface area (Å²) in [6.45, 7) is 1.63. The van der Waals surface area contributed by atoms with Gasteiger partial charge in [-0.3, -0.25) is 4.79 Å². The zero-order valence-electron chi connectivity index (χ0n) is 8.85. The third-order valence-corrected chi connectivity index (χ3v) is 2.62. The fourth-order valence-electron chi connectivity index (χ4n) is 1.70. The largest absolute Gasteiger partial charge is 0.471 e. The third kappa shape index (κ3) is 3.07. The van der Waals surface area contributed by atoms with Gasteiger partial charge in [-0.1, -0.05) is 0 Å². The van der Waals surface area contributed by atoms with Gasteiger partial charge in [-0.2, -0.15) is 13.2 Å². The van der Waals surface area contributed by atoms with E-state index in [1.807, 2.05) is 0 Å². The van der Waals surface area contributed by atoms with Crippen molar-refractivity contribution in [1.29, 1.82) is 0 Å². The standard InChI is InChI=1S/C9H14F4N2O/c1-2-15(8(16)9(11,12)13)5-6-3-14-4-7(6)10/h6-7,14H,2-5H2,1H3/t6-,7+/m0/s1. The minimum absolute atomic E-state index is 0.0679. The highest BCUT2D eigenvalue weighted by atomic mass is 19.4. The van der Waals surface area contributed by atoms with Crippen LogP contribution in [0.2, 0.25) is 0 Å². The number of carbonyl (C=O) groups is 1. The van der Waals surface area contributed by atoms with Gasteiger partial charge in [0.25, 0.3) is 0 Å². The SMILES string of the molecule is CCN(C[C@@H]1CNC[C@H]1F)C(=O)C(F)(F)F. The van der Waals surface area contributed by atoms with Gasteiger partial charge >= 0.3 is 12.1 Å². The van der Waals surface area contributed by atoms with E-state index in [1.54, 1.807) is 0 Å². The van der Waals surface area contributed by atoms with Gasteiger partial charge in [0.05, 0.1) is 0 Å². The third-order valence-electron chi connectivity index (χ3n) is 2.62. The molecule has 0 aromatic carbocycles. The Morgan fingerprint density at radius 2 is 2.06 bits per heavy atom. The average molecular weight is 242 g/mol. The second-order valence-electron chi connectivity index (χ2n) is 3.78. The van der Waals surface area contributed by atoms with Crippen LogP contribution in [0.25, 0.3) is 0 Å². The molecule has 1 aliphatic heterocycles. The van der Waals surface area contributed by atoms with Crippen molar-refractivity contribution in [3.8, 4) is 0 Å². The average Bonchev–Trinajstić information content (AvgIpc) is 2.58. The molecule has 0 radical (unpaired) electrons. The van der Waals surface area contributed by atoms with E-state index in [-0.39, 0.29) is 19.6 Å². The van der Waals surface area contributed by atoms with Crippen molar-refractivity contribution in [2.24, 2.45) is 5.92 Å². The Bertz CT molecular complexity index is 256. The monoisotopic (exact) mass is 242 g/mol. The zero-order valence-corrected chi connectivity index (χ0v) is 8.85. The first-order valence-corrected chi connectivity index (χ1v) is 5.07. The second-order valence-corrected chi connectivity index (χ2v) is 3.78. The van der Waals surface area contributed by atoms with Crippen LogP contribution in [0, 0.1) is 5.92 Å². The van der Waals surface area contributed by atoms with E-state index < -0.39 is 24.2 Å². The smallest absolute Gasteiger partial charge is 0.335 e. The molecule has 1 heterocycles. The summed E-state index contributed by atoms with van der Waals surface area (Å²) in [7, 11) is 0. The maximum atomic E-state index is 13.2. The van der Waals surface area contributed by atoms with Gasteiger partial charge in [-0.05, 0) is 6.92 Å². The highest BCUT2D eigenvalue weighted by Crippen LogP contribution is 2.21. The molecule has 0 aromatic heterocycles. The number of rotatable bonds is 3. The minimum Gasteiger partial charge on any atom is -0.335 e. The molecule has 1 amide bonds. The predicted octanol–water partition coefficient (Wildman–Crippen LogP) is 0.955. The number of halogens is 4. The lowest BCUT2D eigenvalue weighted by molar-refractivity contribution is -0.186. The number of hydrogen-bond acceptors (Lipinski definition) is 2. The fraction of sp³-hybridized carbons (Fsp3) is 0.889. The summed E-state index contributed by atoms with van der Waals surface area (Å²) >= 11 is 0. The molecule has 2 atom stereocenters. The van der Waals surface area contributed by atoms with Crippen LogP contribution in [0.4, 0.5) is 17.6 Å². The Morgan fingerprint density at radius 1 is 1.44 bits per heavy atom. The van der Waals surface area contributed by atoms with Crippen molar-refractivity contribution < 1.29 is 22.4 Å². The van der Waals surface area contributed by atoms with Crippen LogP contribution in [0.1, 0.15) is 6.92 Å². The highest BCUT2D eigenvalue weighted by molar-refractivity contribution is 5.81. The summed E-state index contributed by atoms with van der Waals surface area (Å²) in [6.07, 6.45) is -6.07. The Balaban J connectivity index is 2.58. The summed E-state index contributed by atoms with van der Waals surface area (Å²) in [6, 6.07) is 0. The summed E-state index contributed by atoms with van der Waals surface area (Å²) in [5.41, 5.74) is 0. The van der Waals surface area contributed by atoms with Gasteiger partial charge in [0.1, 0.15) is 6.17 Å². The molecule has 1 saturated heterocycles. The van der Waals surface area contributed by atoms with Crippen molar-refractivity contribution >= 4 is 5.91 Å². The summed E-state index contributed by atoms with van der Waals surface area (Å²) in [5.74, 6) is -2.44. The number of amides is 1. The molecule has 0 aromatic rings. The topological polar surface area (TPSA) is 32.3 Å². The molecule has 16 heavy (non-hydrogen) atoms. The Labute approximate surface area is 90.8 Å². The Morgan fingerprint density at radius 3 is 2.44 bits per heavy atom. The summed E-state index contributed by atoms with van der Waals surface area (Å²) in [4.78, 5) is 11.6. The van der Waals surface area contributed by atoms with Crippen LogP contribution in [0.5, 0.6) is 0 Å². The zero-order chi connectivity index (χ0) is 12.3. The molecule has 1 N–H and O–H groups in total. The van der Waals surface area contributed by atoms with Crippen LogP contribution in [0.15, 0.2) is 0 Å². The van der Waals surface area contributed by atoms with Gasteiger partial charge < -0.3 is 10.2 Å². The van der Waals surface area contributed by atoms with E-state index in [1.165, 1.54) is 6.92 Å². The molecule has 1 rings (SSSR count). The van der Waals surface area contributed by atoms with Crippen LogP contribution in [0.3, 0.4) is 0 Å². The van der Waals surface area contributed by atoms with Crippen LogP contribution in [-0.4, -0.2) is 49.3 Å². The number of hydrogen-bond donors (Lipinski definition) is 1. The Kier molecular flexibility index (Phi) is 4.12. The lowest BCUT2D eigenvalue weighted by atomic mass is 10.1. The maximum absolute atomic E-state index is 13.2. The van der Waals surface area contributed by atoms with Crippen molar-refractivity contribution in [3.63, 3.8) is 0 Å². The van der Waals surface area contributed by atoms with Gasteiger partial charge in [0, 0.05) is 32.1 Å². The number of nitrogens with zero attached hydrogens (tertiary/aromatic N) is 1. The first kappa shape index (κ1) is 13.2. The maximum Gasteiger partial charge on any atom is 0.471 e. The van der Waals surface area contributed by atoms with Gasteiger partial charge in [0.15, 0.2) is 0 Å². The number of alkyl halides is 4.